The molecule has 0 bridgehead atoms. The predicted molar refractivity (Wildman–Crippen MR) is 114 cm³/mol. The van der Waals surface area contributed by atoms with Crippen LogP contribution in [-0.2, 0) is 6.42 Å². The van der Waals surface area contributed by atoms with E-state index in [9.17, 15) is 5.11 Å². The van der Waals surface area contributed by atoms with Gasteiger partial charge in [0.25, 0.3) is 0 Å². The minimum absolute atomic E-state index is 0.0132. The van der Waals surface area contributed by atoms with Gasteiger partial charge >= 0.3 is 0 Å². The molecule has 0 aliphatic carbocycles. The van der Waals surface area contributed by atoms with Crippen molar-refractivity contribution >= 4 is 0 Å². The first-order valence-corrected chi connectivity index (χ1v) is 10.6. The zero-order valence-electron chi connectivity index (χ0n) is 17.9. The molecule has 1 aromatic rings. The molecule has 1 rings (SSSR count). The minimum Gasteiger partial charge on any atom is -0.493 e. The van der Waals surface area contributed by atoms with E-state index >= 15 is 0 Å². The molecule has 0 aliphatic rings. The van der Waals surface area contributed by atoms with Gasteiger partial charge in [-0.25, -0.2) is 0 Å². The van der Waals surface area contributed by atoms with Crippen molar-refractivity contribution in [3.05, 3.63) is 23.8 Å². The Morgan fingerprint density at radius 3 is 2.41 bits per heavy atom. The minimum atomic E-state index is -0.502. The third-order valence-corrected chi connectivity index (χ3v) is 5.34. The number of hydrogen-bond donors (Lipinski definition) is 2. The number of unbranched alkanes of at least 4 members (excludes halogenated alkanes) is 4. The SMILES string of the molecule is CC[C@@](N)(CO)CCc1ccc(OCCCCCCCC(C)C)c(OC)c1. The maximum atomic E-state index is 9.45. The van der Waals surface area contributed by atoms with Crippen LogP contribution in [0.5, 0.6) is 11.5 Å². The van der Waals surface area contributed by atoms with Gasteiger partial charge in [0.1, 0.15) is 0 Å². The molecule has 156 valence electrons. The van der Waals surface area contributed by atoms with Crippen LogP contribution in [0, 0.1) is 5.92 Å². The summed E-state index contributed by atoms with van der Waals surface area (Å²) in [6.45, 7) is 7.33. The molecule has 0 aliphatic heterocycles. The Morgan fingerprint density at radius 1 is 1.07 bits per heavy atom. The molecule has 1 aromatic carbocycles. The molecular weight excluding hydrogens is 338 g/mol. The lowest BCUT2D eigenvalue weighted by Crippen LogP contribution is -2.43. The van der Waals surface area contributed by atoms with Crippen LogP contribution in [0.1, 0.15) is 77.7 Å². The number of hydrogen-bond acceptors (Lipinski definition) is 4. The average molecular weight is 380 g/mol. The highest BCUT2D eigenvalue weighted by molar-refractivity contribution is 5.43. The Hall–Kier alpha value is -1.26. The largest absolute Gasteiger partial charge is 0.493 e. The summed E-state index contributed by atoms with van der Waals surface area (Å²) in [5.74, 6) is 2.39. The average Bonchev–Trinajstić information content (AvgIpc) is 2.68. The van der Waals surface area contributed by atoms with Crippen LogP contribution in [0.2, 0.25) is 0 Å². The Balaban J connectivity index is 2.37. The number of aliphatic hydroxyl groups excluding tert-OH is 1. The van der Waals surface area contributed by atoms with Crippen LogP contribution in [0.4, 0.5) is 0 Å². The van der Waals surface area contributed by atoms with E-state index < -0.39 is 5.54 Å². The van der Waals surface area contributed by atoms with Crippen molar-refractivity contribution in [2.45, 2.75) is 84.1 Å². The number of nitrogens with two attached hydrogens (primary N) is 1. The fraction of sp³-hybridized carbons (Fsp3) is 0.739. The van der Waals surface area contributed by atoms with Gasteiger partial charge in [0.2, 0.25) is 0 Å². The van der Waals surface area contributed by atoms with Gasteiger partial charge < -0.3 is 20.3 Å². The molecule has 0 fully saturated rings. The molecule has 0 spiro atoms. The second-order valence-corrected chi connectivity index (χ2v) is 8.16. The normalized spacial score (nSPS) is 13.6. The van der Waals surface area contributed by atoms with Gasteiger partial charge in [0.15, 0.2) is 11.5 Å². The monoisotopic (exact) mass is 379 g/mol. The van der Waals surface area contributed by atoms with Crippen molar-refractivity contribution in [3.63, 3.8) is 0 Å². The van der Waals surface area contributed by atoms with Crippen molar-refractivity contribution in [3.8, 4) is 11.5 Å². The smallest absolute Gasteiger partial charge is 0.161 e. The van der Waals surface area contributed by atoms with Crippen molar-refractivity contribution < 1.29 is 14.6 Å². The van der Waals surface area contributed by atoms with E-state index in [1.54, 1.807) is 7.11 Å². The summed E-state index contributed by atoms with van der Waals surface area (Å²) >= 11 is 0. The Labute approximate surface area is 166 Å². The molecule has 0 unspecified atom stereocenters. The first kappa shape index (κ1) is 23.8. The second-order valence-electron chi connectivity index (χ2n) is 8.16. The third kappa shape index (κ3) is 9.48. The van der Waals surface area contributed by atoms with Crippen molar-refractivity contribution in [1.82, 2.24) is 0 Å². The number of methoxy groups -OCH3 is 1. The lowest BCUT2D eigenvalue weighted by atomic mass is 9.90. The molecule has 0 heterocycles. The predicted octanol–water partition coefficient (Wildman–Crippen LogP) is 5.10. The summed E-state index contributed by atoms with van der Waals surface area (Å²) in [6.07, 6.45) is 9.91. The number of benzene rings is 1. The number of rotatable bonds is 15. The topological polar surface area (TPSA) is 64.7 Å². The molecule has 0 aromatic heterocycles. The molecule has 4 heteroatoms. The quantitative estimate of drug-likeness (QED) is 0.416. The summed E-state index contributed by atoms with van der Waals surface area (Å²) in [5.41, 5.74) is 6.83. The van der Waals surface area contributed by atoms with E-state index in [1.165, 1.54) is 32.1 Å². The fourth-order valence-electron chi connectivity index (χ4n) is 3.11. The van der Waals surface area contributed by atoms with Gasteiger partial charge in [-0.3, -0.25) is 0 Å². The lowest BCUT2D eigenvalue weighted by molar-refractivity contribution is 0.183. The Morgan fingerprint density at radius 2 is 1.78 bits per heavy atom. The van der Waals surface area contributed by atoms with Gasteiger partial charge in [0.05, 0.1) is 20.3 Å². The van der Waals surface area contributed by atoms with Crippen LogP contribution in [-0.4, -0.2) is 31.0 Å². The number of aliphatic hydroxyl groups is 1. The zero-order valence-corrected chi connectivity index (χ0v) is 17.9. The molecular formula is C23H41NO3. The highest BCUT2D eigenvalue weighted by atomic mass is 16.5. The Kier molecular flexibility index (Phi) is 11.5. The summed E-state index contributed by atoms with van der Waals surface area (Å²) in [5, 5.41) is 9.45. The molecule has 0 saturated carbocycles. The Bertz CT molecular complexity index is 512. The molecule has 0 saturated heterocycles. The van der Waals surface area contributed by atoms with E-state index in [2.05, 4.69) is 19.9 Å². The van der Waals surface area contributed by atoms with Crippen LogP contribution in [0.25, 0.3) is 0 Å². The highest BCUT2D eigenvalue weighted by Crippen LogP contribution is 2.29. The van der Waals surface area contributed by atoms with Crippen LogP contribution >= 0.6 is 0 Å². The molecule has 4 nitrogen and oxygen atoms in total. The fourth-order valence-corrected chi connectivity index (χ4v) is 3.11. The highest BCUT2D eigenvalue weighted by Gasteiger charge is 2.21. The van der Waals surface area contributed by atoms with Crippen molar-refractivity contribution in [2.75, 3.05) is 20.3 Å². The van der Waals surface area contributed by atoms with E-state index in [1.807, 2.05) is 19.1 Å². The van der Waals surface area contributed by atoms with Crippen molar-refractivity contribution in [1.29, 1.82) is 0 Å². The molecule has 0 amide bonds. The first-order chi connectivity index (χ1) is 12.9. The summed E-state index contributed by atoms with van der Waals surface area (Å²) in [6, 6.07) is 6.08. The van der Waals surface area contributed by atoms with Gasteiger partial charge in [0, 0.05) is 5.54 Å². The van der Waals surface area contributed by atoms with Crippen LogP contribution < -0.4 is 15.2 Å². The molecule has 27 heavy (non-hydrogen) atoms. The lowest BCUT2D eigenvalue weighted by Gasteiger charge is -2.25. The maximum absolute atomic E-state index is 9.45. The van der Waals surface area contributed by atoms with Crippen molar-refractivity contribution in [2.24, 2.45) is 11.7 Å². The molecule has 0 radical (unpaired) electrons. The van der Waals surface area contributed by atoms with Crippen LogP contribution in [0.3, 0.4) is 0 Å². The summed E-state index contributed by atoms with van der Waals surface area (Å²) in [4.78, 5) is 0. The van der Waals surface area contributed by atoms with E-state index in [0.717, 1.165) is 55.3 Å². The second kappa shape index (κ2) is 13.0. The van der Waals surface area contributed by atoms with E-state index in [4.69, 9.17) is 15.2 Å². The maximum Gasteiger partial charge on any atom is 0.161 e. The third-order valence-electron chi connectivity index (χ3n) is 5.34. The summed E-state index contributed by atoms with van der Waals surface area (Å²) in [7, 11) is 1.67. The summed E-state index contributed by atoms with van der Waals surface area (Å²) < 4.78 is 11.4. The standard InChI is InChI=1S/C23H41NO3/c1-5-23(24,18-25)15-14-20-12-13-21(22(17-20)26-4)27-16-10-8-6-7-9-11-19(2)3/h12-13,17,19,25H,5-11,14-16,18,24H2,1-4H3/t23-/m0/s1. The molecule has 1 atom stereocenters. The van der Waals surface area contributed by atoms with Gasteiger partial charge in [-0.05, 0) is 49.3 Å². The van der Waals surface area contributed by atoms with Gasteiger partial charge in [-0.2, -0.15) is 0 Å². The first-order valence-electron chi connectivity index (χ1n) is 10.6. The number of ether oxygens (including phenoxy) is 2. The van der Waals surface area contributed by atoms with Gasteiger partial charge in [-0.15, -0.1) is 0 Å². The zero-order chi connectivity index (χ0) is 20.1. The number of aryl methyl sites for hydroxylation is 1. The van der Waals surface area contributed by atoms with E-state index in [0.29, 0.717) is 0 Å². The van der Waals surface area contributed by atoms with Crippen LogP contribution in [0.15, 0.2) is 18.2 Å². The van der Waals surface area contributed by atoms with E-state index in [-0.39, 0.29) is 6.61 Å². The van der Waals surface area contributed by atoms with Gasteiger partial charge in [-0.1, -0.05) is 58.9 Å². The molecule has 3 N–H and O–H groups in total.